The number of aliphatic hydroxyl groups is 1. The highest BCUT2D eigenvalue weighted by atomic mass is 16.7. The van der Waals surface area contributed by atoms with E-state index < -0.39 is 11.9 Å². The van der Waals surface area contributed by atoms with Crippen LogP contribution >= 0.6 is 0 Å². The molecule has 4 rings (SSSR count). The van der Waals surface area contributed by atoms with E-state index in [9.17, 15) is 9.90 Å². The Morgan fingerprint density at radius 2 is 2.00 bits per heavy atom. The lowest BCUT2D eigenvalue weighted by Crippen LogP contribution is -2.37. The molecular formula is C30H41NO5. The minimum Gasteiger partial charge on any atom is -0.466 e. The molecule has 1 aliphatic carbocycles. The molecule has 2 aromatic rings. The summed E-state index contributed by atoms with van der Waals surface area (Å²) >= 11 is 0. The van der Waals surface area contributed by atoms with Gasteiger partial charge in [0.2, 0.25) is 5.79 Å². The second-order valence-electron chi connectivity index (χ2n) is 10.5. The number of nitrogens with one attached hydrogen (secondary N) is 1. The van der Waals surface area contributed by atoms with Crippen LogP contribution in [0.25, 0.3) is 0 Å². The maximum absolute atomic E-state index is 11.5. The number of hydrogen-bond donors (Lipinski definition) is 2. The molecule has 6 heteroatoms. The average Bonchev–Trinajstić information content (AvgIpc) is 2.86. The molecule has 1 heterocycles. The Morgan fingerprint density at radius 1 is 1.14 bits per heavy atom. The highest BCUT2D eigenvalue weighted by Crippen LogP contribution is 2.33. The smallest absolute Gasteiger partial charge is 0.305 e. The number of carbonyl (C=O) groups is 1. The van der Waals surface area contributed by atoms with Crippen molar-refractivity contribution >= 4 is 5.97 Å². The first-order valence-corrected chi connectivity index (χ1v) is 13.5. The van der Waals surface area contributed by atoms with Crippen molar-refractivity contribution < 1.29 is 24.1 Å². The van der Waals surface area contributed by atoms with Gasteiger partial charge in [-0.1, -0.05) is 30.7 Å². The standard InChI is InChI=1S/C30H41NO5/c1-4-34-29(33)9-7-5-6-8-21-10-11-22-12-14-26(18-24(22)16-21)31-19-27(32)23-13-15-28-25(17-23)20-35-30(2,3)36-28/h10-11,13,15-17,26-27,31-32H,4-9,12,14,18-20H2,1-3H3/t26-,27?/m0/s1. The van der Waals surface area contributed by atoms with Crippen LogP contribution in [0.3, 0.4) is 0 Å². The fourth-order valence-corrected chi connectivity index (χ4v) is 5.11. The molecule has 2 atom stereocenters. The first-order chi connectivity index (χ1) is 17.3. The van der Waals surface area contributed by atoms with Gasteiger partial charge in [0.15, 0.2) is 0 Å². The van der Waals surface area contributed by atoms with Crippen LogP contribution in [-0.2, 0) is 40.1 Å². The van der Waals surface area contributed by atoms with Crippen molar-refractivity contribution in [2.24, 2.45) is 0 Å². The number of unbranched alkanes of at least 4 members (excludes halogenated alkanes) is 2. The molecule has 0 radical (unpaired) electrons. The number of rotatable bonds is 11. The lowest BCUT2D eigenvalue weighted by atomic mass is 9.86. The van der Waals surface area contributed by atoms with Gasteiger partial charge in [-0.2, -0.15) is 0 Å². The summed E-state index contributed by atoms with van der Waals surface area (Å²) in [6.45, 7) is 7.12. The van der Waals surface area contributed by atoms with Gasteiger partial charge in [-0.25, -0.2) is 0 Å². The summed E-state index contributed by atoms with van der Waals surface area (Å²) in [7, 11) is 0. The van der Waals surface area contributed by atoms with Crippen LogP contribution in [-0.4, -0.2) is 36.1 Å². The zero-order chi connectivity index (χ0) is 25.5. The van der Waals surface area contributed by atoms with Crippen LogP contribution in [0.2, 0.25) is 0 Å². The lowest BCUT2D eigenvalue weighted by molar-refractivity contribution is -0.180. The number of aliphatic hydroxyl groups excluding tert-OH is 1. The molecule has 0 bridgehead atoms. The van der Waals surface area contributed by atoms with Gasteiger partial charge in [0.25, 0.3) is 0 Å². The van der Waals surface area contributed by atoms with E-state index in [4.69, 9.17) is 14.2 Å². The predicted octanol–water partition coefficient (Wildman–Crippen LogP) is 5.18. The summed E-state index contributed by atoms with van der Waals surface area (Å²) in [5.41, 5.74) is 6.09. The third-order valence-corrected chi connectivity index (χ3v) is 7.15. The van der Waals surface area contributed by atoms with Gasteiger partial charge < -0.3 is 24.6 Å². The van der Waals surface area contributed by atoms with E-state index >= 15 is 0 Å². The first-order valence-electron chi connectivity index (χ1n) is 13.5. The van der Waals surface area contributed by atoms with E-state index in [0.717, 1.165) is 61.8 Å². The van der Waals surface area contributed by atoms with Gasteiger partial charge in [-0.15, -0.1) is 0 Å². The minimum atomic E-state index is -0.615. The molecule has 1 unspecified atom stereocenters. The van der Waals surface area contributed by atoms with Gasteiger partial charge in [0.05, 0.1) is 19.3 Å². The van der Waals surface area contributed by atoms with Gasteiger partial charge in [0.1, 0.15) is 5.75 Å². The number of ether oxygens (including phenoxy) is 3. The molecule has 36 heavy (non-hydrogen) atoms. The van der Waals surface area contributed by atoms with Crippen molar-refractivity contribution in [3.63, 3.8) is 0 Å². The largest absolute Gasteiger partial charge is 0.466 e. The Labute approximate surface area is 215 Å². The monoisotopic (exact) mass is 495 g/mol. The summed E-state index contributed by atoms with van der Waals surface area (Å²) in [5.74, 6) is 0.123. The van der Waals surface area contributed by atoms with Crippen LogP contribution < -0.4 is 10.1 Å². The van der Waals surface area contributed by atoms with Crippen molar-refractivity contribution in [2.45, 2.75) is 96.7 Å². The van der Waals surface area contributed by atoms with Gasteiger partial charge in [0, 0.05) is 38.4 Å². The molecular weight excluding hydrogens is 454 g/mol. The number of esters is 1. The molecule has 6 nitrogen and oxygen atoms in total. The second-order valence-corrected chi connectivity index (χ2v) is 10.5. The molecule has 0 fully saturated rings. The van der Waals surface area contributed by atoms with Gasteiger partial charge >= 0.3 is 5.97 Å². The number of carbonyl (C=O) groups excluding carboxylic acids is 1. The van der Waals surface area contributed by atoms with Crippen molar-refractivity contribution in [3.05, 3.63) is 64.2 Å². The topological polar surface area (TPSA) is 77.0 Å². The average molecular weight is 496 g/mol. The molecule has 0 amide bonds. The van der Waals surface area contributed by atoms with Gasteiger partial charge in [-0.05, 0) is 79.8 Å². The van der Waals surface area contributed by atoms with Crippen molar-refractivity contribution in [1.82, 2.24) is 5.32 Å². The second kappa shape index (κ2) is 12.2. The third kappa shape index (κ3) is 7.31. The number of fused-ring (bicyclic) bond motifs is 2. The SMILES string of the molecule is CCOC(=O)CCCCCc1ccc2c(c1)C[C@@H](NCC(O)c1ccc3c(c1)COC(C)(C)O3)CC2. The van der Waals surface area contributed by atoms with E-state index in [0.29, 0.717) is 32.2 Å². The zero-order valence-corrected chi connectivity index (χ0v) is 22.0. The Balaban J connectivity index is 1.24. The van der Waals surface area contributed by atoms with Crippen LogP contribution in [0.1, 0.15) is 86.8 Å². The fourth-order valence-electron chi connectivity index (χ4n) is 5.11. The molecule has 0 saturated carbocycles. The number of aryl methyl sites for hydroxylation is 2. The molecule has 196 valence electrons. The van der Waals surface area contributed by atoms with Gasteiger partial charge in [-0.3, -0.25) is 4.79 Å². The normalized spacial score (nSPS) is 19.1. The van der Waals surface area contributed by atoms with E-state index in [-0.39, 0.29) is 5.97 Å². The molecule has 1 aliphatic heterocycles. The van der Waals surface area contributed by atoms with Crippen LogP contribution in [0.15, 0.2) is 36.4 Å². The highest BCUT2D eigenvalue weighted by Gasteiger charge is 2.28. The van der Waals surface area contributed by atoms with Crippen LogP contribution in [0, 0.1) is 0 Å². The summed E-state index contributed by atoms with van der Waals surface area (Å²) in [6, 6.07) is 13.1. The quantitative estimate of drug-likeness (QED) is 0.331. The van der Waals surface area contributed by atoms with Crippen LogP contribution in [0.5, 0.6) is 5.75 Å². The van der Waals surface area contributed by atoms with E-state index in [1.807, 2.05) is 39.0 Å². The third-order valence-electron chi connectivity index (χ3n) is 7.15. The van der Waals surface area contributed by atoms with E-state index in [2.05, 4.69) is 23.5 Å². The molecule has 0 aromatic heterocycles. The summed E-state index contributed by atoms with van der Waals surface area (Å²) in [5, 5.41) is 14.4. The Bertz CT molecular complexity index is 1030. The molecule has 2 aliphatic rings. The maximum Gasteiger partial charge on any atom is 0.305 e. The predicted molar refractivity (Wildman–Crippen MR) is 140 cm³/mol. The Kier molecular flexibility index (Phi) is 9.04. The minimum absolute atomic E-state index is 0.0892. The Morgan fingerprint density at radius 3 is 2.83 bits per heavy atom. The van der Waals surface area contributed by atoms with Crippen molar-refractivity contribution in [2.75, 3.05) is 13.2 Å². The van der Waals surface area contributed by atoms with E-state index in [1.54, 1.807) is 0 Å². The van der Waals surface area contributed by atoms with Crippen molar-refractivity contribution in [1.29, 1.82) is 0 Å². The fraction of sp³-hybridized carbons (Fsp3) is 0.567. The molecule has 0 saturated heterocycles. The molecule has 2 aromatic carbocycles. The summed E-state index contributed by atoms with van der Waals surface area (Å²) in [6.07, 6.45) is 7.11. The summed E-state index contributed by atoms with van der Waals surface area (Å²) < 4.78 is 16.6. The molecule has 0 spiro atoms. The number of benzene rings is 2. The maximum atomic E-state index is 11.5. The Hall–Kier alpha value is -2.41. The highest BCUT2D eigenvalue weighted by molar-refractivity contribution is 5.69. The number of hydrogen-bond acceptors (Lipinski definition) is 6. The molecule has 2 N–H and O–H groups in total. The summed E-state index contributed by atoms with van der Waals surface area (Å²) in [4.78, 5) is 11.5. The first kappa shape index (κ1) is 26.6. The van der Waals surface area contributed by atoms with Crippen LogP contribution in [0.4, 0.5) is 0 Å². The van der Waals surface area contributed by atoms with Crippen molar-refractivity contribution in [3.8, 4) is 5.75 Å². The zero-order valence-electron chi connectivity index (χ0n) is 22.0. The lowest BCUT2D eigenvalue weighted by Gasteiger charge is -2.33. The van der Waals surface area contributed by atoms with E-state index in [1.165, 1.54) is 16.7 Å².